The molecule has 0 bridgehead atoms. The van der Waals surface area contributed by atoms with Crippen LogP contribution >= 0.6 is 12.6 Å². The summed E-state index contributed by atoms with van der Waals surface area (Å²) in [6.45, 7) is 6.32. The van der Waals surface area contributed by atoms with E-state index in [1.807, 2.05) is 6.07 Å². The highest BCUT2D eigenvalue weighted by molar-refractivity contribution is 7.79. The Kier molecular flexibility index (Phi) is 7.84. The fraction of sp³-hybridized carbons (Fsp3) is 0.286. The second-order valence-corrected chi connectivity index (χ2v) is 3.23. The molecule has 0 aromatic heterocycles. The van der Waals surface area contributed by atoms with Crippen molar-refractivity contribution in [3.8, 4) is 0 Å². The van der Waals surface area contributed by atoms with Crippen LogP contribution in [0.2, 0.25) is 0 Å². The highest BCUT2D eigenvalue weighted by Gasteiger charge is 1.92. The smallest absolute Gasteiger partial charge is 0.0215 e. The lowest BCUT2D eigenvalue weighted by Gasteiger charge is -2.00. The quantitative estimate of drug-likeness (QED) is 0.546. The molecular weight excluding hydrogens is 200 g/mol. The van der Waals surface area contributed by atoms with E-state index in [1.54, 1.807) is 6.26 Å². The third kappa shape index (κ3) is 5.48. The van der Waals surface area contributed by atoms with E-state index in [4.69, 9.17) is 0 Å². The molecule has 0 amide bonds. The van der Waals surface area contributed by atoms with Crippen LogP contribution in [0.4, 0.5) is 0 Å². The van der Waals surface area contributed by atoms with Crippen LogP contribution in [0.1, 0.15) is 26.3 Å². The molecule has 0 saturated heterocycles. The third-order valence-electron chi connectivity index (χ3n) is 2.13. The lowest BCUT2D eigenvalue weighted by Crippen LogP contribution is -1.78. The summed E-state index contributed by atoms with van der Waals surface area (Å²) in [5, 5.41) is 0. The lowest BCUT2D eigenvalue weighted by molar-refractivity contribution is 1.46. The standard InChI is InChI=1S/C13H16.CH4S/c1-4-11(2)10-12(3)13-8-6-5-7-9-13;1-2/h4-10H,1-3H3;2H,1H3/b11-4-,12-10+;. The summed E-state index contributed by atoms with van der Waals surface area (Å²) in [7, 11) is 0. The van der Waals surface area contributed by atoms with Gasteiger partial charge in [0.1, 0.15) is 0 Å². The molecule has 82 valence electrons. The Labute approximate surface area is 99.1 Å². The summed E-state index contributed by atoms with van der Waals surface area (Å²) in [6.07, 6.45) is 6.02. The summed E-state index contributed by atoms with van der Waals surface area (Å²) in [5.41, 5.74) is 3.92. The van der Waals surface area contributed by atoms with Crippen molar-refractivity contribution in [3.05, 3.63) is 53.6 Å². The van der Waals surface area contributed by atoms with Gasteiger partial charge in [0.2, 0.25) is 0 Å². The largest absolute Gasteiger partial charge is 0.183 e. The predicted octanol–water partition coefficient (Wildman–Crippen LogP) is 4.60. The second-order valence-electron chi connectivity index (χ2n) is 3.23. The number of benzene rings is 1. The maximum absolute atomic E-state index is 3.53. The van der Waals surface area contributed by atoms with E-state index < -0.39 is 0 Å². The Morgan fingerprint density at radius 3 is 2.07 bits per heavy atom. The molecule has 0 spiro atoms. The molecule has 0 aliphatic heterocycles. The van der Waals surface area contributed by atoms with Gasteiger partial charge in [-0.15, -0.1) is 0 Å². The van der Waals surface area contributed by atoms with Gasteiger partial charge in [0.25, 0.3) is 0 Å². The zero-order valence-corrected chi connectivity index (χ0v) is 10.9. The lowest BCUT2D eigenvalue weighted by atomic mass is 10.1. The molecule has 1 heteroatoms. The topological polar surface area (TPSA) is 0 Å². The highest BCUT2D eigenvalue weighted by atomic mass is 32.1. The van der Waals surface area contributed by atoms with Gasteiger partial charge in [-0.25, -0.2) is 0 Å². The molecule has 0 fully saturated rings. The second kappa shape index (κ2) is 8.37. The average Bonchev–Trinajstić information content (AvgIpc) is 2.32. The van der Waals surface area contributed by atoms with Crippen molar-refractivity contribution in [1.82, 2.24) is 0 Å². The fourth-order valence-corrected chi connectivity index (χ4v) is 1.21. The van der Waals surface area contributed by atoms with Crippen molar-refractivity contribution >= 4 is 18.2 Å². The maximum Gasteiger partial charge on any atom is -0.0215 e. The Morgan fingerprint density at radius 1 is 1.07 bits per heavy atom. The van der Waals surface area contributed by atoms with Gasteiger partial charge >= 0.3 is 0 Å². The van der Waals surface area contributed by atoms with Gasteiger partial charge in [0.15, 0.2) is 0 Å². The zero-order valence-electron chi connectivity index (χ0n) is 9.99. The first-order valence-electron chi connectivity index (χ1n) is 5.05. The molecule has 0 nitrogen and oxygen atoms in total. The van der Waals surface area contributed by atoms with Gasteiger partial charge in [-0.05, 0) is 38.2 Å². The van der Waals surface area contributed by atoms with E-state index >= 15 is 0 Å². The van der Waals surface area contributed by atoms with E-state index in [1.165, 1.54) is 16.7 Å². The molecule has 0 atom stereocenters. The van der Waals surface area contributed by atoms with Crippen molar-refractivity contribution in [2.75, 3.05) is 6.26 Å². The molecule has 0 heterocycles. The Morgan fingerprint density at radius 2 is 1.60 bits per heavy atom. The molecule has 1 rings (SSSR count). The minimum Gasteiger partial charge on any atom is -0.183 e. The maximum atomic E-state index is 3.53. The van der Waals surface area contributed by atoms with Crippen LogP contribution in [-0.4, -0.2) is 6.26 Å². The number of hydrogen-bond acceptors (Lipinski definition) is 1. The Bertz CT molecular complexity index is 320. The van der Waals surface area contributed by atoms with Crippen LogP contribution in [0, 0.1) is 0 Å². The first-order valence-corrected chi connectivity index (χ1v) is 5.95. The normalized spacial score (nSPS) is 11.8. The third-order valence-corrected chi connectivity index (χ3v) is 2.13. The molecule has 0 saturated carbocycles. The van der Waals surface area contributed by atoms with Crippen LogP contribution in [0.15, 0.2) is 48.1 Å². The number of hydrogen-bond donors (Lipinski definition) is 1. The van der Waals surface area contributed by atoms with Crippen LogP contribution in [0.5, 0.6) is 0 Å². The molecule has 1 aromatic carbocycles. The predicted molar refractivity (Wildman–Crippen MR) is 74.4 cm³/mol. The summed E-state index contributed by atoms with van der Waals surface area (Å²) in [6, 6.07) is 10.4. The van der Waals surface area contributed by atoms with E-state index in [0.717, 1.165) is 0 Å². The van der Waals surface area contributed by atoms with Gasteiger partial charge in [0.05, 0.1) is 0 Å². The van der Waals surface area contributed by atoms with Gasteiger partial charge in [-0.2, -0.15) is 12.6 Å². The summed E-state index contributed by atoms with van der Waals surface area (Å²) >= 11 is 3.53. The van der Waals surface area contributed by atoms with Crippen LogP contribution < -0.4 is 0 Å². The van der Waals surface area contributed by atoms with Gasteiger partial charge < -0.3 is 0 Å². The summed E-state index contributed by atoms with van der Waals surface area (Å²) in [5.74, 6) is 0. The van der Waals surface area contributed by atoms with E-state index in [2.05, 4.69) is 69.8 Å². The van der Waals surface area contributed by atoms with Crippen molar-refractivity contribution in [1.29, 1.82) is 0 Å². The molecule has 15 heavy (non-hydrogen) atoms. The molecule has 0 aliphatic carbocycles. The van der Waals surface area contributed by atoms with Crippen molar-refractivity contribution < 1.29 is 0 Å². The zero-order chi connectivity index (χ0) is 11.7. The highest BCUT2D eigenvalue weighted by Crippen LogP contribution is 2.14. The SMILES string of the molecule is C/C=C(C)\C=C(/C)c1ccccc1.CS. The van der Waals surface area contributed by atoms with Crippen LogP contribution in [-0.2, 0) is 0 Å². The van der Waals surface area contributed by atoms with Crippen LogP contribution in [0.3, 0.4) is 0 Å². The first-order chi connectivity index (χ1) is 7.24. The molecule has 0 unspecified atom stereocenters. The van der Waals surface area contributed by atoms with Gasteiger partial charge in [-0.1, -0.05) is 48.1 Å². The van der Waals surface area contributed by atoms with Crippen LogP contribution in [0.25, 0.3) is 5.57 Å². The number of rotatable bonds is 2. The summed E-state index contributed by atoms with van der Waals surface area (Å²) < 4.78 is 0. The minimum atomic E-state index is 1.30. The minimum absolute atomic E-state index is 1.30. The Balaban J connectivity index is 0.000000921. The Hall–Kier alpha value is -0.950. The molecular formula is C14H20S. The first kappa shape index (κ1) is 14.1. The monoisotopic (exact) mass is 220 g/mol. The average molecular weight is 220 g/mol. The molecule has 0 radical (unpaired) electrons. The molecule has 1 aromatic rings. The number of allylic oxidation sites excluding steroid dienone is 4. The molecule has 0 aliphatic rings. The summed E-state index contributed by atoms with van der Waals surface area (Å²) in [4.78, 5) is 0. The van der Waals surface area contributed by atoms with Crippen molar-refractivity contribution in [2.45, 2.75) is 20.8 Å². The van der Waals surface area contributed by atoms with E-state index in [-0.39, 0.29) is 0 Å². The van der Waals surface area contributed by atoms with Crippen molar-refractivity contribution in [2.24, 2.45) is 0 Å². The molecule has 0 N–H and O–H groups in total. The van der Waals surface area contributed by atoms with E-state index in [9.17, 15) is 0 Å². The van der Waals surface area contributed by atoms with Gasteiger partial charge in [-0.3, -0.25) is 0 Å². The van der Waals surface area contributed by atoms with Crippen molar-refractivity contribution in [3.63, 3.8) is 0 Å². The fourth-order valence-electron chi connectivity index (χ4n) is 1.21. The number of thiol groups is 1. The van der Waals surface area contributed by atoms with E-state index in [0.29, 0.717) is 0 Å². The van der Waals surface area contributed by atoms with Gasteiger partial charge in [0, 0.05) is 0 Å².